The van der Waals surface area contributed by atoms with Crippen LogP contribution in [0.2, 0.25) is 0 Å². The lowest BCUT2D eigenvalue weighted by Gasteiger charge is -2.23. The fraction of sp³-hybridized carbons (Fsp3) is 0.462. The molecule has 1 amide bonds. The summed E-state index contributed by atoms with van der Waals surface area (Å²) in [6, 6.07) is 7.63. The maximum atomic E-state index is 11.9. The molecular weight excluding hydrogens is 343 g/mol. The van der Waals surface area contributed by atoms with E-state index in [2.05, 4.69) is 27.9 Å². The summed E-state index contributed by atoms with van der Waals surface area (Å²) in [6.07, 6.45) is 0. The van der Waals surface area contributed by atoms with Crippen LogP contribution in [0.5, 0.6) is 0 Å². The zero-order valence-corrected chi connectivity index (χ0v) is 12.4. The molecular formula is C13H18IN2O2+. The summed E-state index contributed by atoms with van der Waals surface area (Å²) >= 11 is 2.21. The Labute approximate surface area is 121 Å². The molecule has 0 aromatic heterocycles. The third-order valence-electron chi connectivity index (χ3n) is 3.05. The van der Waals surface area contributed by atoms with Crippen LogP contribution in [0.1, 0.15) is 10.4 Å². The van der Waals surface area contributed by atoms with Crippen LogP contribution in [0.15, 0.2) is 24.3 Å². The molecule has 2 rings (SSSR count). The lowest BCUT2D eigenvalue weighted by Crippen LogP contribution is -3.14. The summed E-state index contributed by atoms with van der Waals surface area (Å²) < 4.78 is 6.38. The lowest BCUT2D eigenvalue weighted by molar-refractivity contribution is -0.906. The van der Waals surface area contributed by atoms with E-state index in [0.717, 1.165) is 48.5 Å². The van der Waals surface area contributed by atoms with Crippen LogP contribution in [0.25, 0.3) is 0 Å². The molecule has 0 atom stereocenters. The number of carbonyl (C=O) groups excluding carboxylic acids is 1. The second-order valence-corrected chi connectivity index (χ2v) is 5.62. The highest BCUT2D eigenvalue weighted by molar-refractivity contribution is 14.1. The van der Waals surface area contributed by atoms with E-state index in [1.54, 1.807) is 0 Å². The van der Waals surface area contributed by atoms with Crippen molar-refractivity contribution in [3.8, 4) is 0 Å². The van der Waals surface area contributed by atoms with Crippen molar-refractivity contribution in [1.29, 1.82) is 0 Å². The van der Waals surface area contributed by atoms with Crippen LogP contribution in [0.4, 0.5) is 0 Å². The summed E-state index contributed by atoms with van der Waals surface area (Å²) in [4.78, 5) is 13.4. The number of morpholine rings is 1. The maximum Gasteiger partial charge on any atom is 0.251 e. The highest BCUT2D eigenvalue weighted by Crippen LogP contribution is 2.07. The van der Waals surface area contributed by atoms with Gasteiger partial charge in [-0.15, -0.1) is 0 Å². The van der Waals surface area contributed by atoms with Crippen LogP contribution < -0.4 is 10.2 Å². The summed E-state index contributed by atoms with van der Waals surface area (Å²) in [5.41, 5.74) is 0.735. The minimum atomic E-state index is 0.0150. The fourth-order valence-corrected chi connectivity index (χ4v) is 2.54. The first-order chi connectivity index (χ1) is 8.75. The van der Waals surface area contributed by atoms with Gasteiger partial charge in [0.15, 0.2) is 0 Å². The zero-order valence-electron chi connectivity index (χ0n) is 10.2. The molecule has 0 aliphatic carbocycles. The van der Waals surface area contributed by atoms with Crippen molar-refractivity contribution in [3.63, 3.8) is 0 Å². The molecule has 0 saturated carbocycles. The van der Waals surface area contributed by atoms with Crippen molar-refractivity contribution in [2.24, 2.45) is 0 Å². The minimum Gasteiger partial charge on any atom is -0.370 e. The zero-order chi connectivity index (χ0) is 12.8. The normalized spacial score (nSPS) is 16.5. The van der Waals surface area contributed by atoms with Gasteiger partial charge in [0, 0.05) is 9.13 Å². The number of ether oxygens (including phenoxy) is 1. The molecule has 0 radical (unpaired) electrons. The fourth-order valence-electron chi connectivity index (χ4n) is 1.99. The average molecular weight is 361 g/mol. The van der Waals surface area contributed by atoms with Gasteiger partial charge in [0.1, 0.15) is 13.1 Å². The maximum absolute atomic E-state index is 11.9. The molecule has 0 spiro atoms. The highest BCUT2D eigenvalue weighted by Gasteiger charge is 2.13. The van der Waals surface area contributed by atoms with Crippen LogP contribution in [-0.2, 0) is 4.74 Å². The summed E-state index contributed by atoms with van der Waals surface area (Å²) in [6.45, 7) is 5.44. The largest absolute Gasteiger partial charge is 0.370 e. The van der Waals surface area contributed by atoms with Gasteiger partial charge in [-0.2, -0.15) is 0 Å². The molecule has 1 aliphatic rings. The molecule has 5 heteroatoms. The summed E-state index contributed by atoms with van der Waals surface area (Å²) in [5.74, 6) is 0.0150. The van der Waals surface area contributed by atoms with Gasteiger partial charge >= 0.3 is 0 Å². The van der Waals surface area contributed by atoms with Gasteiger partial charge in [-0.05, 0) is 40.8 Å². The topological polar surface area (TPSA) is 42.8 Å². The van der Waals surface area contributed by atoms with Gasteiger partial charge in [-0.3, -0.25) is 4.79 Å². The Morgan fingerprint density at radius 3 is 2.89 bits per heavy atom. The first kappa shape index (κ1) is 13.8. The van der Waals surface area contributed by atoms with Crippen LogP contribution >= 0.6 is 22.6 Å². The van der Waals surface area contributed by atoms with E-state index in [1.165, 1.54) is 4.90 Å². The highest BCUT2D eigenvalue weighted by atomic mass is 127. The van der Waals surface area contributed by atoms with Crippen molar-refractivity contribution in [1.82, 2.24) is 5.32 Å². The first-order valence-corrected chi connectivity index (χ1v) is 7.28. The van der Waals surface area contributed by atoms with E-state index in [0.29, 0.717) is 0 Å². The van der Waals surface area contributed by atoms with E-state index >= 15 is 0 Å². The number of halogens is 1. The minimum absolute atomic E-state index is 0.0150. The van der Waals surface area contributed by atoms with Gasteiger partial charge in [0.25, 0.3) is 5.91 Å². The summed E-state index contributed by atoms with van der Waals surface area (Å²) in [7, 11) is 0. The van der Waals surface area contributed by atoms with Gasteiger partial charge in [-0.25, -0.2) is 0 Å². The van der Waals surface area contributed by atoms with E-state index in [9.17, 15) is 4.79 Å². The molecule has 1 aromatic carbocycles. The number of carbonyl (C=O) groups is 1. The van der Waals surface area contributed by atoms with Crippen LogP contribution in [0, 0.1) is 3.57 Å². The van der Waals surface area contributed by atoms with Crippen molar-refractivity contribution in [2.75, 3.05) is 39.4 Å². The Balaban J connectivity index is 1.74. The predicted molar refractivity (Wildman–Crippen MR) is 77.9 cm³/mol. The van der Waals surface area contributed by atoms with Crippen molar-refractivity contribution in [2.45, 2.75) is 0 Å². The lowest BCUT2D eigenvalue weighted by atomic mass is 10.2. The molecule has 1 heterocycles. The predicted octanol–water partition coefficient (Wildman–Crippen LogP) is -0.0639. The molecule has 2 N–H and O–H groups in total. The van der Waals surface area contributed by atoms with E-state index < -0.39 is 0 Å². The third kappa shape index (κ3) is 4.22. The Morgan fingerprint density at radius 1 is 1.39 bits per heavy atom. The SMILES string of the molecule is O=C(NCC[NH+]1CCOCC1)c1cccc(I)c1. The molecule has 0 unspecified atom stereocenters. The molecule has 4 nitrogen and oxygen atoms in total. The third-order valence-corrected chi connectivity index (χ3v) is 3.72. The number of rotatable bonds is 4. The van der Waals surface area contributed by atoms with Crippen molar-refractivity contribution < 1.29 is 14.4 Å². The van der Waals surface area contributed by atoms with E-state index in [4.69, 9.17) is 4.74 Å². The number of amides is 1. The van der Waals surface area contributed by atoms with E-state index in [1.807, 2.05) is 24.3 Å². The Hall–Kier alpha value is -0.660. The summed E-state index contributed by atoms with van der Waals surface area (Å²) in [5, 5.41) is 2.97. The number of quaternary nitrogens is 1. The van der Waals surface area contributed by atoms with Gasteiger partial charge in [0.05, 0.1) is 26.3 Å². The van der Waals surface area contributed by atoms with Crippen molar-refractivity contribution in [3.05, 3.63) is 33.4 Å². The molecule has 1 aromatic rings. The first-order valence-electron chi connectivity index (χ1n) is 6.21. The second-order valence-electron chi connectivity index (χ2n) is 4.38. The number of hydrogen-bond donors (Lipinski definition) is 2. The molecule has 98 valence electrons. The number of benzene rings is 1. The Bertz CT molecular complexity index is 406. The quantitative estimate of drug-likeness (QED) is 0.738. The van der Waals surface area contributed by atoms with Gasteiger partial charge < -0.3 is 15.0 Å². The second kappa shape index (κ2) is 7.06. The number of nitrogens with one attached hydrogen (secondary N) is 2. The molecule has 18 heavy (non-hydrogen) atoms. The van der Waals surface area contributed by atoms with Crippen LogP contribution in [0.3, 0.4) is 0 Å². The van der Waals surface area contributed by atoms with Crippen molar-refractivity contribution >= 4 is 28.5 Å². The van der Waals surface area contributed by atoms with Crippen LogP contribution in [-0.4, -0.2) is 45.3 Å². The molecule has 0 bridgehead atoms. The standard InChI is InChI=1S/C13H17IN2O2/c14-12-3-1-2-11(10-12)13(17)15-4-5-16-6-8-18-9-7-16/h1-3,10H,4-9H2,(H,15,17)/p+1. The molecule has 1 aliphatic heterocycles. The Kier molecular flexibility index (Phi) is 5.40. The average Bonchev–Trinajstić information content (AvgIpc) is 2.40. The van der Waals surface area contributed by atoms with Gasteiger partial charge in [0.2, 0.25) is 0 Å². The monoisotopic (exact) mass is 361 g/mol. The van der Waals surface area contributed by atoms with E-state index in [-0.39, 0.29) is 5.91 Å². The number of hydrogen-bond acceptors (Lipinski definition) is 2. The Morgan fingerprint density at radius 2 is 2.17 bits per heavy atom. The van der Waals surface area contributed by atoms with Gasteiger partial charge in [-0.1, -0.05) is 6.07 Å². The molecule has 1 fully saturated rings. The molecule has 1 saturated heterocycles. The smallest absolute Gasteiger partial charge is 0.251 e.